The Labute approximate surface area is 227 Å². The fourth-order valence-corrected chi connectivity index (χ4v) is 4.55. The third kappa shape index (κ3) is 10.6. The molecule has 38 heavy (non-hydrogen) atoms. The number of ether oxygens (including phenoxy) is 1. The van der Waals surface area contributed by atoms with Crippen molar-refractivity contribution in [1.82, 2.24) is 10.3 Å². The van der Waals surface area contributed by atoms with Crippen molar-refractivity contribution >= 4 is 0 Å². The number of rotatable bonds is 19. The fraction of sp³-hybridized carbons (Fsp3) is 0.548. The van der Waals surface area contributed by atoms with E-state index in [1.165, 1.54) is 24.8 Å². The minimum Gasteiger partial charge on any atom is -0.504 e. The summed E-state index contributed by atoms with van der Waals surface area (Å²) >= 11 is 0. The summed E-state index contributed by atoms with van der Waals surface area (Å²) in [7, 11) is 0. The van der Waals surface area contributed by atoms with E-state index in [0.717, 1.165) is 74.4 Å². The molecule has 3 rings (SSSR count). The molecule has 3 aromatic rings. The molecule has 0 aliphatic carbocycles. The van der Waals surface area contributed by atoms with E-state index >= 15 is 0 Å². The molecule has 7 heteroatoms. The van der Waals surface area contributed by atoms with Crippen molar-refractivity contribution < 1.29 is 19.4 Å². The highest BCUT2D eigenvalue weighted by Gasteiger charge is 2.10. The number of aromatic nitrogens is 1. The maximum Gasteiger partial charge on any atom is 0.161 e. The van der Waals surface area contributed by atoms with Gasteiger partial charge in [-0.05, 0) is 80.1 Å². The Morgan fingerprint density at radius 2 is 1.68 bits per heavy atom. The number of aliphatic hydroxyl groups is 1. The third-order valence-corrected chi connectivity index (χ3v) is 6.88. The molecule has 0 saturated carbocycles. The van der Waals surface area contributed by atoms with Gasteiger partial charge in [-0.15, -0.1) is 0 Å². The molecule has 2 heterocycles. The lowest BCUT2D eigenvalue weighted by atomic mass is 10.0. The molecule has 2 unspecified atom stereocenters. The van der Waals surface area contributed by atoms with E-state index in [-0.39, 0.29) is 11.9 Å². The van der Waals surface area contributed by atoms with Crippen LogP contribution in [0.3, 0.4) is 0 Å². The fourth-order valence-electron chi connectivity index (χ4n) is 4.55. The standard InChI is InChI=1S/C31H47N3O4/c1-23(20-33-21-24(2)35)26-19-27(34-22-26)15-17-37-31-18-25(10-14-30(31)36)9-11-29-13-12-28(38-29)8-6-4-3-5-7-16-32/h10,12-14,18-19,22-24,33-36H,3-9,11,15-17,20-21,32H2,1-2H3. The second-order valence-corrected chi connectivity index (χ2v) is 10.4. The summed E-state index contributed by atoms with van der Waals surface area (Å²) in [5.74, 6) is 3.07. The molecule has 0 bridgehead atoms. The van der Waals surface area contributed by atoms with Crippen molar-refractivity contribution in [3.63, 3.8) is 0 Å². The number of aromatic hydroxyl groups is 1. The van der Waals surface area contributed by atoms with Gasteiger partial charge in [0.25, 0.3) is 0 Å². The Bertz CT molecular complexity index is 1060. The molecule has 0 saturated heterocycles. The largest absolute Gasteiger partial charge is 0.504 e. The van der Waals surface area contributed by atoms with Crippen LogP contribution in [0.2, 0.25) is 0 Å². The van der Waals surface area contributed by atoms with Crippen LogP contribution in [-0.2, 0) is 25.7 Å². The Hall–Kier alpha value is -2.74. The topological polar surface area (TPSA) is 117 Å². The first-order valence-electron chi connectivity index (χ1n) is 14.2. The van der Waals surface area contributed by atoms with E-state index in [0.29, 0.717) is 24.8 Å². The number of phenolic OH excluding ortho intramolecular Hbond substituents is 1. The first-order chi connectivity index (χ1) is 18.4. The molecule has 0 spiro atoms. The van der Waals surface area contributed by atoms with Crippen LogP contribution in [0.25, 0.3) is 0 Å². The van der Waals surface area contributed by atoms with E-state index in [9.17, 15) is 10.2 Å². The lowest BCUT2D eigenvalue weighted by molar-refractivity contribution is 0.191. The molecule has 6 N–H and O–H groups in total. The van der Waals surface area contributed by atoms with Gasteiger partial charge in [-0.25, -0.2) is 0 Å². The van der Waals surface area contributed by atoms with E-state index in [1.54, 1.807) is 13.0 Å². The highest BCUT2D eigenvalue weighted by atomic mass is 16.5. The number of hydrogen-bond donors (Lipinski definition) is 5. The summed E-state index contributed by atoms with van der Waals surface area (Å²) < 4.78 is 12.0. The van der Waals surface area contributed by atoms with Gasteiger partial charge in [-0.1, -0.05) is 32.3 Å². The predicted octanol–water partition coefficient (Wildman–Crippen LogP) is 5.25. The minimum absolute atomic E-state index is 0.158. The van der Waals surface area contributed by atoms with Crippen LogP contribution >= 0.6 is 0 Å². The molecule has 2 atom stereocenters. The number of furan rings is 1. The maximum atomic E-state index is 10.3. The van der Waals surface area contributed by atoms with E-state index < -0.39 is 0 Å². The van der Waals surface area contributed by atoms with Crippen molar-refractivity contribution in [2.24, 2.45) is 5.73 Å². The molecule has 0 fully saturated rings. The number of phenols is 1. The number of benzene rings is 1. The average Bonchev–Trinajstić information content (AvgIpc) is 3.56. The van der Waals surface area contributed by atoms with E-state index in [2.05, 4.69) is 35.4 Å². The van der Waals surface area contributed by atoms with Gasteiger partial charge in [-0.2, -0.15) is 0 Å². The lowest BCUT2D eigenvalue weighted by Gasteiger charge is -2.12. The molecule has 1 aromatic carbocycles. The number of aryl methyl sites for hydroxylation is 3. The van der Waals surface area contributed by atoms with Gasteiger partial charge in [0.2, 0.25) is 0 Å². The van der Waals surface area contributed by atoms with Crippen molar-refractivity contribution in [2.75, 3.05) is 26.2 Å². The monoisotopic (exact) mass is 525 g/mol. The number of hydrogen-bond acceptors (Lipinski definition) is 6. The summed E-state index contributed by atoms with van der Waals surface area (Å²) in [5, 5.41) is 23.0. The van der Waals surface area contributed by atoms with Crippen LogP contribution in [0.5, 0.6) is 11.5 Å². The van der Waals surface area contributed by atoms with Crippen LogP contribution in [0, 0.1) is 0 Å². The third-order valence-electron chi connectivity index (χ3n) is 6.88. The molecule has 210 valence electrons. The Morgan fingerprint density at radius 3 is 2.47 bits per heavy atom. The molecule has 0 aliphatic heterocycles. The Morgan fingerprint density at radius 1 is 0.921 bits per heavy atom. The summed E-state index contributed by atoms with van der Waals surface area (Å²) in [5.41, 5.74) is 8.99. The summed E-state index contributed by atoms with van der Waals surface area (Å²) in [6.07, 6.45) is 11.0. The molecule has 0 radical (unpaired) electrons. The normalized spacial score (nSPS) is 13.1. The van der Waals surface area contributed by atoms with Crippen LogP contribution in [0.1, 0.15) is 80.2 Å². The molecule has 0 amide bonds. The smallest absolute Gasteiger partial charge is 0.161 e. The zero-order chi connectivity index (χ0) is 27.2. The summed E-state index contributed by atoms with van der Waals surface area (Å²) in [6.45, 7) is 6.61. The number of nitrogens with two attached hydrogens (primary N) is 1. The van der Waals surface area contributed by atoms with Crippen LogP contribution < -0.4 is 15.8 Å². The summed E-state index contributed by atoms with van der Waals surface area (Å²) in [4.78, 5) is 3.33. The minimum atomic E-state index is -0.342. The van der Waals surface area contributed by atoms with Crippen molar-refractivity contribution in [1.29, 1.82) is 0 Å². The second kappa shape index (κ2) is 16.3. The molecule has 0 aliphatic rings. The zero-order valence-electron chi connectivity index (χ0n) is 23.2. The van der Waals surface area contributed by atoms with Crippen molar-refractivity contribution in [2.45, 2.75) is 83.7 Å². The lowest BCUT2D eigenvalue weighted by Crippen LogP contribution is -2.27. The first kappa shape index (κ1) is 29.8. The molecular formula is C31H47N3O4. The molecule has 2 aromatic heterocycles. The van der Waals surface area contributed by atoms with Gasteiger partial charge in [0.1, 0.15) is 11.5 Å². The first-order valence-corrected chi connectivity index (χ1v) is 14.2. The quantitative estimate of drug-likeness (QED) is 0.137. The average molecular weight is 526 g/mol. The van der Waals surface area contributed by atoms with Gasteiger partial charge in [0, 0.05) is 44.2 Å². The summed E-state index contributed by atoms with van der Waals surface area (Å²) in [6, 6.07) is 11.9. The van der Waals surface area contributed by atoms with E-state index in [1.807, 2.05) is 18.3 Å². The van der Waals surface area contributed by atoms with Crippen LogP contribution in [0.4, 0.5) is 0 Å². The Kier molecular flexibility index (Phi) is 12.8. The van der Waals surface area contributed by atoms with Crippen LogP contribution in [0.15, 0.2) is 47.0 Å². The van der Waals surface area contributed by atoms with E-state index in [4.69, 9.17) is 14.9 Å². The molecule has 7 nitrogen and oxygen atoms in total. The maximum absolute atomic E-state index is 10.3. The Balaban J connectivity index is 1.40. The van der Waals surface area contributed by atoms with Gasteiger partial charge in [0.05, 0.1) is 12.7 Å². The van der Waals surface area contributed by atoms with Gasteiger partial charge < -0.3 is 35.4 Å². The molecular weight excluding hydrogens is 478 g/mol. The van der Waals surface area contributed by atoms with Crippen LogP contribution in [-0.4, -0.2) is 47.5 Å². The number of aromatic amines is 1. The number of unbranched alkanes of at least 4 members (excludes halogenated alkanes) is 4. The van der Waals surface area contributed by atoms with Gasteiger partial charge in [-0.3, -0.25) is 0 Å². The van der Waals surface area contributed by atoms with Gasteiger partial charge in [0.15, 0.2) is 11.5 Å². The highest BCUT2D eigenvalue weighted by Crippen LogP contribution is 2.28. The number of H-pyrrole nitrogens is 1. The van der Waals surface area contributed by atoms with Crippen molar-refractivity contribution in [3.8, 4) is 11.5 Å². The van der Waals surface area contributed by atoms with Gasteiger partial charge >= 0.3 is 0 Å². The van der Waals surface area contributed by atoms with Crippen molar-refractivity contribution in [3.05, 3.63) is 70.9 Å². The number of aliphatic hydroxyl groups excluding tert-OH is 1. The zero-order valence-corrected chi connectivity index (χ0v) is 23.2. The predicted molar refractivity (Wildman–Crippen MR) is 153 cm³/mol. The SMILES string of the molecule is CC(O)CNCC(C)c1c[nH]c(CCOc2cc(CCc3ccc(CCCCCCCN)o3)ccc2O)c1. The second-order valence-electron chi connectivity index (χ2n) is 10.4. The number of nitrogens with one attached hydrogen (secondary N) is 2. The highest BCUT2D eigenvalue weighted by molar-refractivity contribution is 5.42.